The standard InChI is InChI=1S/C17H20BrN3O2/c18-12-6-8-14(9-7-12)21-16(22)11-10-15(20-21)17(23)19-13-4-2-1-3-5-13/h6-10,13,20H,1-5,11H2,(H,19,23). The monoisotopic (exact) mass is 377 g/mol. The summed E-state index contributed by atoms with van der Waals surface area (Å²) in [6, 6.07) is 7.64. The normalized spacial score (nSPS) is 19.1. The minimum Gasteiger partial charge on any atom is -0.348 e. The van der Waals surface area contributed by atoms with Crippen LogP contribution >= 0.6 is 15.9 Å². The van der Waals surface area contributed by atoms with Gasteiger partial charge in [-0.3, -0.25) is 15.0 Å². The van der Waals surface area contributed by atoms with E-state index in [1.165, 1.54) is 24.3 Å². The summed E-state index contributed by atoms with van der Waals surface area (Å²) in [4.78, 5) is 24.5. The lowest BCUT2D eigenvalue weighted by atomic mass is 9.95. The summed E-state index contributed by atoms with van der Waals surface area (Å²) in [5, 5.41) is 4.50. The average molecular weight is 378 g/mol. The molecule has 1 aromatic carbocycles. The molecule has 1 saturated carbocycles. The number of carbonyl (C=O) groups excluding carboxylic acids is 2. The molecule has 0 spiro atoms. The van der Waals surface area contributed by atoms with Crippen molar-refractivity contribution in [2.75, 3.05) is 5.01 Å². The first-order valence-corrected chi connectivity index (χ1v) is 8.79. The van der Waals surface area contributed by atoms with Crippen LogP contribution in [0.1, 0.15) is 38.5 Å². The molecule has 0 radical (unpaired) electrons. The third-order valence-corrected chi connectivity index (χ3v) is 4.76. The van der Waals surface area contributed by atoms with Gasteiger partial charge in [0, 0.05) is 16.9 Å². The van der Waals surface area contributed by atoms with E-state index in [0.717, 1.165) is 17.3 Å². The molecule has 1 fully saturated rings. The number of hydrogen-bond donors (Lipinski definition) is 2. The summed E-state index contributed by atoms with van der Waals surface area (Å²) in [5.41, 5.74) is 4.11. The second kappa shape index (κ2) is 7.17. The van der Waals surface area contributed by atoms with Crippen LogP contribution in [0, 0.1) is 0 Å². The number of anilines is 1. The molecule has 2 N–H and O–H groups in total. The summed E-state index contributed by atoms with van der Waals surface area (Å²) in [6.07, 6.45) is 7.54. The van der Waals surface area contributed by atoms with E-state index in [0.29, 0.717) is 11.4 Å². The van der Waals surface area contributed by atoms with E-state index in [1.807, 2.05) is 24.3 Å². The Kier molecular flexibility index (Phi) is 5.00. The third kappa shape index (κ3) is 3.93. The van der Waals surface area contributed by atoms with Gasteiger partial charge in [-0.2, -0.15) is 0 Å². The van der Waals surface area contributed by atoms with Crippen molar-refractivity contribution in [2.45, 2.75) is 44.6 Å². The molecule has 0 atom stereocenters. The minimum absolute atomic E-state index is 0.0819. The number of rotatable bonds is 3. The van der Waals surface area contributed by atoms with Gasteiger partial charge in [-0.25, -0.2) is 5.01 Å². The van der Waals surface area contributed by atoms with Crippen molar-refractivity contribution in [3.63, 3.8) is 0 Å². The fourth-order valence-corrected chi connectivity index (χ4v) is 3.23. The van der Waals surface area contributed by atoms with Crippen LogP contribution in [-0.2, 0) is 9.59 Å². The molecule has 2 amide bonds. The quantitative estimate of drug-likeness (QED) is 0.850. The molecule has 122 valence electrons. The van der Waals surface area contributed by atoms with Crippen LogP contribution in [0.4, 0.5) is 5.69 Å². The molecule has 0 aromatic heterocycles. The SMILES string of the molecule is O=C(NC1CCCCC1)C1=CCC(=O)N(c2ccc(Br)cc2)N1. The maximum atomic E-state index is 12.4. The van der Waals surface area contributed by atoms with Crippen LogP contribution in [0.5, 0.6) is 0 Å². The van der Waals surface area contributed by atoms with E-state index in [9.17, 15) is 9.59 Å². The first-order chi connectivity index (χ1) is 11.1. The maximum absolute atomic E-state index is 12.4. The Morgan fingerprint density at radius 2 is 1.87 bits per heavy atom. The van der Waals surface area contributed by atoms with Gasteiger partial charge in [0.15, 0.2) is 0 Å². The van der Waals surface area contributed by atoms with Crippen molar-refractivity contribution in [3.8, 4) is 0 Å². The van der Waals surface area contributed by atoms with Crippen molar-refractivity contribution in [3.05, 3.63) is 40.5 Å². The molecule has 1 heterocycles. The molecule has 5 nitrogen and oxygen atoms in total. The molecule has 0 unspecified atom stereocenters. The molecule has 23 heavy (non-hydrogen) atoms. The van der Waals surface area contributed by atoms with Gasteiger partial charge in [0.05, 0.1) is 5.69 Å². The van der Waals surface area contributed by atoms with Crippen molar-refractivity contribution < 1.29 is 9.59 Å². The highest BCUT2D eigenvalue weighted by molar-refractivity contribution is 9.10. The lowest BCUT2D eigenvalue weighted by molar-refractivity contribution is -0.120. The van der Waals surface area contributed by atoms with E-state index >= 15 is 0 Å². The van der Waals surface area contributed by atoms with Gasteiger partial charge >= 0.3 is 0 Å². The largest absolute Gasteiger partial charge is 0.348 e. The van der Waals surface area contributed by atoms with Crippen molar-refractivity contribution in [2.24, 2.45) is 0 Å². The molecule has 0 bridgehead atoms. The topological polar surface area (TPSA) is 61.4 Å². The fraction of sp³-hybridized carbons (Fsp3) is 0.412. The third-order valence-electron chi connectivity index (χ3n) is 4.23. The van der Waals surface area contributed by atoms with E-state index < -0.39 is 0 Å². The Labute approximate surface area is 144 Å². The van der Waals surface area contributed by atoms with Gasteiger partial charge in [-0.15, -0.1) is 0 Å². The molecule has 0 saturated heterocycles. The average Bonchev–Trinajstić information content (AvgIpc) is 2.57. The highest BCUT2D eigenvalue weighted by Gasteiger charge is 2.25. The van der Waals surface area contributed by atoms with Crippen LogP contribution in [0.2, 0.25) is 0 Å². The maximum Gasteiger partial charge on any atom is 0.269 e. The lowest BCUT2D eigenvalue weighted by Crippen LogP contribution is -2.50. The number of hydrazine groups is 1. The number of amides is 2. The summed E-state index contributed by atoms with van der Waals surface area (Å²) in [7, 11) is 0. The first-order valence-electron chi connectivity index (χ1n) is 8.00. The van der Waals surface area contributed by atoms with Crippen molar-refractivity contribution in [1.82, 2.24) is 10.7 Å². The molecular weight excluding hydrogens is 358 g/mol. The number of benzene rings is 1. The molecule has 1 aliphatic carbocycles. The van der Waals surface area contributed by atoms with Gasteiger partial charge in [-0.05, 0) is 43.2 Å². The van der Waals surface area contributed by atoms with E-state index in [1.54, 1.807) is 6.08 Å². The Balaban J connectivity index is 1.67. The van der Waals surface area contributed by atoms with Gasteiger partial charge in [0.1, 0.15) is 5.70 Å². The van der Waals surface area contributed by atoms with Gasteiger partial charge in [-0.1, -0.05) is 35.2 Å². The van der Waals surface area contributed by atoms with E-state index in [2.05, 4.69) is 26.7 Å². The second-order valence-electron chi connectivity index (χ2n) is 5.95. The number of nitrogens with zero attached hydrogens (tertiary/aromatic N) is 1. The lowest BCUT2D eigenvalue weighted by Gasteiger charge is -2.30. The Morgan fingerprint density at radius 3 is 2.57 bits per heavy atom. The molecule has 1 aromatic rings. The predicted octanol–water partition coefficient (Wildman–Crippen LogP) is 3.02. The summed E-state index contributed by atoms with van der Waals surface area (Å²) < 4.78 is 0.941. The zero-order valence-electron chi connectivity index (χ0n) is 12.8. The predicted molar refractivity (Wildman–Crippen MR) is 92.5 cm³/mol. The zero-order chi connectivity index (χ0) is 16.2. The highest BCUT2D eigenvalue weighted by atomic mass is 79.9. The summed E-state index contributed by atoms with van der Waals surface area (Å²) in [6.45, 7) is 0. The molecule has 6 heteroatoms. The first kappa shape index (κ1) is 16.1. The molecular formula is C17H20BrN3O2. The second-order valence-corrected chi connectivity index (χ2v) is 6.86. The van der Waals surface area contributed by atoms with Gasteiger partial charge in [0.25, 0.3) is 5.91 Å². The molecule has 2 aliphatic rings. The van der Waals surface area contributed by atoms with E-state index in [-0.39, 0.29) is 24.3 Å². The fourth-order valence-electron chi connectivity index (χ4n) is 2.96. The minimum atomic E-state index is -0.133. The Morgan fingerprint density at radius 1 is 1.17 bits per heavy atom. The zero-order valence-corrected chi connectivity index (χ0v) is 14.4. The molecule has 3 rings (SSSR count). The van der Waals surface area contributed by atoms with Gasteiger partial charge < -0.3 is 5.32 Å². The van der Waals surface area contributed by atoms with Crippen molar-refractivity contribution >= 4 is 33.4 Å². The van der Waals surface area contributed by atoms with Crippen LogP contribution in [0.3, 0.4) is 0 Å². The summed E-state index contributed by atoms with van der Waals surface area (Å²) >= 11 is 3.38. The van der Waals surface area contributed by atoms with Crippen LogP contribution in [-0.4, -0.2) is 17.9 Å². The highest BCUT2D eigenvalue weighted by Crippen LogP contribution is 2.21. The molecule has 1 aliphatic heterocycles. The number of hydrogen-bond acceptors (Lipinski definition) is 3. The van der Waals surface area contributed by atoms with Gasteiger partial charge in [0.2, 0.25) is 5.91 Å². The smallest absolute Gasteiger partial charge is 0.269 e. The number of halogens is 1. The van der Waals surface area contributed by atoms with Crippen molar-refractivity contribution in [1.29, 1.82) is 0 Å². The van der Waals surface area contributed by atoms with Crippen LogP contribution in [0.25, 0.3) is 0 Å². The Hall–Kier alpha value is -1.82. The number of carbonyl (C=O) groups is 2. The summed E-state index contributed by atoms with van der Waals surface area (Å²) in [5.74, 6) is -0.215. The van der Waals surface area contributed by atoms with Crippen LogP contribution in [0.15, 0.2) is 40.5 Å². The number of nitrogens with one attached hydrogen (secondary N) is 2. The van der Waals surface area contributed by atoms with E-state index in [4.69, 9.17) is 0 Å². The van der Waals surface area contributed by atoms with Crippen LogP contribution < -0.4 is 15.8 Å². The Bertz CT molecular complexity index is 621.